The summed E-state index contributed by atoms with van der Waals surface area (Å²) in [5, 5.41) is 6.83. The van der Waals surface area contributed by atoms with E-state index in [1.807, 2.05) is 0 Å². The predicted molar refractivity (Wildman–Crippen MR) is 133 cm³/mol. The number of guanidine groups is 1. The Morgan fingerprint density at radius 2 is 2.14 bits per heavy atom. The summed E-state index contributed by atoms with van der Waals surface area (Å²) >= 11 is 0. The molecule has 200 valence electrons. The molecule has 1 fully saturated rings. The number of aliphatic imine (C=N–C) groups is 1. The van der Waals surface area contributed by atoms with E-state index < -0.39 is 20.6 Å². The van der Waals surface area contributed by atoms with Crippen LogP contribution in [0.15, 0.2) is 29.5 Å². The maximum absolute atomic E-state index is 12.4. The van der Waals surface area contributed by atoms with E-state index in [4.69, 9.17) is 41.2 Å². The first-order chi connectivity index (χ1) is 17.8. The van der Waals surface area contributed by atoms with Crippen molar-refractivity contribution in [2.75, 3.05) is 18.5 Å². The molecule has 0 saturated carbocycles. The van der Waals surface area contributed by atoms with Crippen LogP contribution in [0.2, 0.25) is 0 Å². The molecule has 37 heavy (non-hydrogen) atoms. The van der Waals surface area contributed by atoms with Crippen molar-refractivity contribution in [1.82, 2.24) is 14.8 Å². The van der Waals surface area contributed by atoms with Gasteiger partial charge in [0.1, 0.15) is 12.1 Å². The minimum atomic E-state index is -1.61. The van der Waals surface area contributed by atoms with E-state index in [-0.39, 0.29) is 43.2 Å². The number of anilines is 1. The molecule has 0 spiro atoms. The fourth-order valence-electron chi connectivity index (χ4n) is 3.71. The van der Waals surface area contributed by atoms with Crippen molar-refractivity contribution in [2.45, 2.75) is 50.7 Å². The Bertz CT molecular complexity index is 1140. The van der Waals surface area contributed by atoms with Gasteiger partial charge in [-0.15, -0.1) is 5.10 Å². The summed E-state index contributed by atoms with van der Waals surface area (Å²) in [5.74, 6) is -0.432. The zero-order valence-corrected chi connectivity index (χ0v) is 20.9. The zero-order valence-electron chi connectivity index (χ0n) is 20.0. The molecule has 0 bridgehead atoms. The quantitative estimate of drug-likeness (QED) is 0.113. The minimum Gasteiger partial charge on any atom is -0.426 e. The smallest absolute Gasteiger partial charge is 0.397 e. The number of amides is 2. The van der Waals surface area contributed by atoms with E-state index in [0.29, 0.717) is 37.2 Å². The molecule has 1 saturated heterocycles. The van der Waals surface area contributed by atoms with Gasteiger partial charge in [0, 0.05) is 17.8 Å². The molecule has 16 heteroatoms. The third kappa shape index (κ3) is 7.33. The number of nitrogens with zero attached hydrogens (tertiary/aromatic N) is 4. The minimum absolute atomic E-state index is 0.00984. The predicted octanol–water partition coefficient (Wildman–Crippen LogP) is 0.227. The van der Waals surface area contributed by atoms with Crippen molar-refractivity contribution < 1.29 is 27.9 Å². The van der Waals surface area contributed by atoms with Gasteiger partial charge in [0.25, 0.3) is 5.91 Å². The van der Waals surface area contributed by atoms with Crippen molar-refractivity contribution in [3.05, 3.63) is 35.9 Å². The molecule has 4 unspecified atom stereocenters. The summed E-state index contributed by atoms with van der Waals surface area (Å²) < 4.78 is 24.8. The largest absolute Gasteiger partial charge is 0.426 e. The molecular formula is C21H30N9O6P. The van der Waals surface area contributed by atoms with Gasteiger partial charge in [0.05, 0.1) is 25.4 Å². The Kier molecular flexibility index (Phi) is 8.84. The van der Waals surface area contributed by atoms with E-state index in [1.165, 1.54) is 11.0 Å². The number of ether oxygens (including phenoxy) is 1. The molecule has 15 nitrogen and oxygen atoms in total. The molecule has 2 amide bonds. The second kappa shape index (κ2) is 12.3. The molecule has 0 aliphatic carbocycles. The normalized spacial score (nSPS) is 21.5. The van der Waals surface area contributed by atoms with E-state index in [1.54, 1.807) is 18.2 Å². The third-order valence-electron chi connectivity index (χ3n) is 5.61. The van der Waals surface area contributed by atoms with Crippen LogP contribution in [0.25, 0.3) is 0 Å². The van der Waals surface area contributed by atoms with Gasteiger partial charge in [0.2, 0.25) is 11.7 Å². The van der Waals surface area contributed by atoms with Crippen LogP contribution in [-0.2, 0) is 25.2 Å². The molecule has 1 aromatic heterocycles. The first-order valence-corrected chi connectivity index (χ1v) is 12.7. The number of fused-ring (bicyclic) bond motifs is 1. The molecule has 2 aliphatic rings. The highest BCUT2D eigenvalue weighted by molar-refractivity contribution is 7.42. The van der Waals surface area contributed by atoms with E-state index in [2.05, 4.69) is 20.4 Å². The number of hydrogen-bond donors (Lipinski definition) is 5. The fourth-order valence-corrected chi connectivity index (χ4v) is 4.76. The molecule has 1 aromatic carbocycles. The highest BCUT2D eigenvalue weighted by Crippen LogP contribution is 2.48. The fraction of sp³-hybridized carbons (Fsp3) is 0.476. The number of benzene rings is 1. The average molecular weight is 536 g/mol. The number of carbonyl (C=O) groups excluding carboxylic acids is 2. The monoisotopic (exact) mass is 535 g/mol. The molecule has 3 heterocycles. The Hall–Kier alpha value is -3.36. The van der Waals surface area contributed by atoms with Gasteiger partial charge in [-0.25, -0.2) is 9.67 Å². The van der Waals surface area contributed by atoms with Crippen molar-refractivity contribution in [3.8, 4) is 5.75 Å². The summed E-state index contributed by atoms with van der Waals surface area (Å²) in [7, 11) is -1.61. The topological polar surface area (TPSA) is 230 Å². The molecule has 4 rings (SSSR count). The number of hydrogen-bond acceptors (Lipinski definition) is 10. The van der Waals surface area contributed by atoms with Gasteiger partial charge in [-0.2, -0.15) is 0 Å². The van der Waals surface area contributed by atoms with E-state index in [0.717, 1.165) is 12.0 Å². The van der Waals surface area contributed by atoms with Gasteiger partial charge in [0.15, 0.2) is 12.2 Å². The lowest BCUT2D eigenvalue weighted by molar-refractivity contribution is -0.117. The van der Waals surface area contributed by atoms with Crippen molar-refractivity contribution in [3.63, 3.8) is 0 Å². The highest BCUT2D eigenvalue weighted by atomic mass is 31.2. The second-order valence-corrected chi connectivity index (χ2v) is 9.60. The SMILES string of the molecule is NC(=O)c1ncn(C2CCC(COP3OCc4cc(NC(=O)C(N)CCCN=C(N)N)ccc4O3)O2)n1. The molecule has 2 aliphatic heterocycles. The second-order valence-electron chi connectivity index (χ2n) is 8.45. The maximum atomic E-state index is 12.4. The molecule has 4 atom stereocenters. The van der Waals surface area contributed by atoms with Crippen LogP contribution >= 0.6 is 8.60 Å². The Balaban J connectivity index is 1.21. The molecular weight excluding hydrogens is 505 g/mol. The molecule has 9 N–H and O–H groups in total. The lowest BCUT2D eigenvalue weighted by Gasteiger charge is -2.25. The third-order valence-corrected chi connectivity index (χ3v) is 6.65. The first kappa shape index (κ1) is 26.7. The van der Waals surface area contributed by atoms with Crippen molar-refractivity contribution in [1.29, 1.82) is 0 Å². The Morgan fingerprint density at radius 1 is 1.30 bits per heavy atom. The first-order valence-electron chi connectivity index (χ1n) is 11.6. The number of aromatic nitrogens is 3. The summed E-state index contributed by atoms with van der Waals surface area (Å²) in [4.78, 5) is 31.3. The van der Waals surface area contributed by atoms with E-state index >= 15 is 0 Å². The Labute approximate surface area is 213 Å². The highest BCUT2D eigenvalue weighted by Gasteiger charge is 2.31. The number of nitrogens with one attached hydrogen (secondary N) is 1. The summed E-state index contributed by atoms with van der Waals surface area (Å²) in [5.41, 5.74) is 23.1. The van der Waals surface area contributed by atoms with Crippen LogP contribution in [0.4, 0.5) is 5.69 Å². The van der Waals surface area contributed by atoms with Crippen LogP contribution in [-0.4, -0.2) is 57.8 Å². The van der Waals surface area contributed by atoms with Gasteiger partial charge in [-0.1, -0.05) is 0 Å². The van der Waals surface area contributed by atoms with Gasteiger partial charge >= 0.3 is 8.60 Å². The van der Waals surface area contributed by atoms with Gasteiger partial charge in [-0.05, 0) is 43.9 Å². The molecule has 0 radical (unpaired) electrons. The van der Waals surface area contributed by atoms with Crippen molar-refractivity contribution >= 4 is 32.1 Å². The van der Waals surface area contributed by atoms with Crippen LogP contribution in [0.5, 0.6) is 5.75 Å². The maximum Gasteiger partial charge on any atom is 0.397 e. The average Bonchev–Trinajstić information content (AvgIpc) is 3.55. The van der Waals surface area contributed by atoms with Crippen molar-refractivity contribution in [2.24, 2.45) is 27.9 Å². The number of primary amides is 1. The Morgan fingerprint density at radius 3 is 2.89 bits per heavy atom. The number of carbonyl (C=O) groups is 2. The van der Waals surface area contributed by atoms with Gasteiger partial charge < -0.3 is 37.5 Å². The molecule has 2 aromatic rings. The summed E-state index contributed by atoms with van der Waals surface area (Å²) in [6, 6.07) is 4.56. The zero-order chi connectivity index (χ0) is 26.4. The standard InChI is InChI=1S/C21H30N9O6P/c22-15(2-1-7-26-21(24)25)20(32)28-13-3-5-16-12(8-13)9-33-37(36-16)34-10-14-4-6-17(35-14)30-11-27-19(29-30)18(23)31/h3,5,8,11,14-15,17H,1-2,4,6-7,9-10,22H2,(H2,23,31)(H,28,32)(H4,24,25,26). The lowest BCUT2D eigenvalue weighted by Crippen LogP contribution is -2.35. The number of rotatable bonds is 11. The summed E-state index contributed by atoms with van der Waals surface area (Å²) in [6.45, 7) is 0.942. The van der Waals surface area contributed by atoms with Crippen LogP contribution < -0.4 is 32.8 Å². The lowest BCUT2D eigenvalue weighted by atomic mass is 10.1. The van der Waals surface area contributed by atoms with E-state index in [9.17, 15) is 9.59 Å². The summed E-state index contributed by atoms with van der Waals surface area (Å²) in [6.07, 6.45) is 3.33. The van der Waals surface area contributed by atoms with Crippen LogP contribution in [0.3, 0.4) is 0 Å². The number of nitrogens with two attached hydrogens (primary N) is 4. The van der Waals surface area contributed by atoms with Crippen LogP contribution in [0, 0.1) is 0 Å². The van der Waals surface area contributed by atoms with Gasteiger partial charge in [-0.3, -0.25) is 23.6 Å². The van der Waals surface area contributed by atoms with Crippen LogP contribution in [0.1, 0.15) is 48.1 Å².